The number of sulfone groups is 1. The molecule has 1 aromatic carbocycles. The summed E-state index contributed by atoms with van der Waals surface area (Å²) in [4.78, 5) is -0.206. The minimum atomic E-state index is -3.71. The van der Waals surface area contributed by atoms with Gasteiger partial charge in [0.15, 0.2) is 22.2 Å². The van der Waals surface area contributed by atoms with Gasteiger partial charge in [-0.15, -0.1) is 0 Å². The fraction of sp³-hybridized carbons (Fsp3) is 0.538. The number of alkyl halides is 2. The summed E-state index contributed by atoms with van der Waals surface area (Å²) >= 11 is 0. The molecule has 1 aromatic rings. The summed E-state index contributed by atoms with van der Waals surface area (Å²) in [6, 6.07) is 2.56. The molecular formula is C13H14F2O5S. The molecule has 8 heteroatoms. The van der Waals surface area contributed by atoms with Crippen LogP contribution in [0.3, 0.4) is 0 Å². The average Bonchev–Trinajstić information content (AvgIpc) is 3.00. The lowest BCUT2D eigenvalue weighted by molar-refractivity contribution is -0.213. The standard InChI is InChI=1S/C13H14F2O5S/c1-18-7-3-4-8(21(2,16)17)10-9(7)11(14)12(15)13(10)19-5-6-20-13/h3-4,11-12H,5-6H2,1-2H3/t11-,12-/m1/s1. The SMILES string of the molecule is COc1ccc(S(C)(=O)=O)c2c1[C@@H](F)[C@@H](F)C21OCCO1. The maximum atomic E-state index is 14.5. The number of halogens is 2. The Balaban J connectivity index is 2.37. The third kappa shape index (κ3) is 1.89. The maximum Gasteiger partial charge on any atom is 0.232 e. The minimum Gasteiger partial charge on any atom is -0.496 e. The molecule has 0 radical (unpaired) electrons. The summed E-state index contributed by atoms with van der Waals surface area (Å²) in [5.41, 5.74) is -0.281. The van der Waals surface area contributed by atoms with Gasteiger partial charge in [-0.3, -0.25) is 0 Å². The fourth-order valence-electron chi connectivity index (χ4n) is 2.91. The zero-order valence-electron chi connectivity index (χ0n) is 11.4. The van der Waals surface area contributed by atoms with Crippen LogP contribution in [0, 0.1) is 0 Å². The van der Waals surface area contributed by atoms with Gasteiger partial charge in [0.05, 0.1) is 25.2 Å². The molecule has 2 aliphatic rings. The molecule has 1 fully saturated rings. The van der Waals surface area contributed by atoms with Crippen LogP contribution < -0.4 is 4.74 Å². The number of ether oxygens (including phenoxy) is 3. The van der Waals surface area contributed by atoms with E-state index >= 15 is 0 Å². The van der Waals surface area contributed by atoms with E-state index in [2.05, 4.69) is 0 Å². The molecule has 0 bridgehead atoms. The van der Waals surface area contributed by atoms with Crippen molar-refractivity contribution in [3.05, 3.63) is 23.3 Å². The van der Waals surface area contributed by atoms with Gasteiger partial charge in [0.1, 0.15) is 5.75 Å². The molecule has 0 unspecified atom stereocenters. The number of hydrogen-bond acceptors (Lipinski definition) is 5. The highest BCUT2D eigenvalue weighted by Gasteiger charge is 2.61. The van der Waals surface area contributed by atoms with E-state index < -0.39 is 28.0 Å². The van der Waals surface area contributed by atoms with E-state index in [0.717, 1.165) is 6.26 Å². The van der Waals surface area contributed by atoms with Crippen LogP contribution in [0.5, 0.6) is 5.75 Å². The summed E-state index contributed by atoms with van der Waals surface area (Å²) in [5, 5.41) is 0. The van der Waals surface area contributed by atoms with E-state index in [0.29, 0.717) is 0 Å². The third-order valence-corrected chi connectivity index (χ3v) is 4.89. The highest BCUT2D eigenvalue weighted by Crippen LogP contribution is 2.56. The zero-order valence-corrected chi connectivity index (χ0v) is 12.2. The van der Waals surface area contributed by atoms with E-state index in [1.807, 2.05) is 0 Å². The Morgan fingerprint density at radius 2 is 1.90 bits per heavy atom. The smallest absolute Gasteiger partial charge is 0.232 e. The average molecular weight is 320 g/mol. The molecule has 3 rings (SSSR count). The van der Waals surface area contributed by atoms with Crippen molar-refractivity contribution in [3.63, 3.8) is 0 Å². The molecule has 0 N–H and O–H groups in total. The van der Waals surface area contributed by atoms with Gasteiger partial charge in [0, 0.05) is 17.4 Å². The molecule has 1 heterocycles. The Labute approximate surface area is 120 Å². The second-order valence-electron chi connectivity index (χ2n) is 4.99. The van der Waals surface area contributed by atoms with Gasteiger partial charge in [-0.05, 0) is 12.1 Å². The van der Waals surface area contributed by atoms with Crippen molar-refractivity contribution in [1.82, 2.24) is 0 Å². The Bertz CT molecular complexity index is 682. The van der Waals surface area contributed by atoms with E-state index in [9.17, 15) is 17.2 Å². The van der Waals surface area contributed by atoms with E-state index in [-0.39, 0.29) is 35.0 Å². The van der Waals surface area contributed by atoms with E-state index in [4.69, 9.17) is 14.2 Å². The summed E-state index contributed by atoms with van der Waals surface area (Å²) in [6.07, 6.45) is -3.25. The second-order valence-corrected chi connectivity index (χ2v) is 6.98. The molecule has 21 heavy (non-hydrogen) atoms. The van der Waals surface area contributed by atoms with Crippen LogP contribution in [0.1, 0.15) is 17.3 Å². The topological polar surface area (TPSA) is 61.8 Å². The first-order chi connectivity index (χ1) is 9.83. The molecule has 1 spiro atoms. The first-order valence-electron chi connectivity index (χ1n) is 6.30. The van der Waals surface area contributed by atoms with Crippen molar-refractivity contribution in [2.24, 2.45) is 0 Å². The molecule has 116 valence electrons. The van der Waals surface area contributed by atoms with Gasteiger partial charge < -0.3 is 14.2 Å². The van der Waals surface area contributed by atoms with Gasteiger partial charge in [0.2, 0.25) is 5.79 Å². The van der Waals surface area contributed by atoms with Gasteiger partial charge in [-0.25, -0.2) is 17.2 Å². The highest BCUT2D eigenvalue weighted by molar-refractivity contribution is 7.90. The summed E-state index contributed by atoms with van der Waals surface area (Å²) in [7, 11) is -2.41. The fourth-order valence-corrected chi connectivity index (χ4v) is 3.85. The lowest BCUT2D eigenvalue weighted by atomic mass is 10.1. The van der Waals surface area contributed by atoms with Crippen LogP contribution in [0.2, 0.25) is 0 Å². The molecule has 1 aliphatic heterocycles. The number of benzene rings is 1. The predicted molar refractivity (Wildman–Crippen MR) is 68.4 cm³/mol. The highest BCUT2D eigenvalue weighted by atomic mass is 32.2. The van der Waals surface area contributed by atoms with Crippen molar-refractivity contribution < 1.29 is 31.4 Å². The molecule has 2 atom stereocenters. The van der Waals surface area contributed by atoms with Gasteiger partial charge in [-0.1, -0.05) is 0 Å². The molecule has 0 saturated carbocycles. The van der Waals surface area contributed by atoms with Crippen molar-refractivity contribution in [1.29, 1.82) is 0 Å². The van der Waals surface area contributed by atoms with Gasteiger partial charge in [-0.2, -0.15) is 0 Å². The Kier molecular flexibility index (Phi) is 3.23. The zero-order chi connectivity index (χ0) is 15.4. The van der Waals surface area contributed by atoms with Crippen molar-refractivity contribution >= 4 is 9.84 Å². The Morgan fingerprint density at radius 1 is 1.29 bits per heavy atom. The third-order valence-electron chi connectivity index (χ3n) is 3.75. The predicted octanol–water partition coefficient (Wildman–Crippen LogP) is 1.66. The maximum absolute atomic E-state index is 14.5. The molecule has 5 nitrogen and oxygen atoms in total. The summed E-state index contributed by atoms with van der Waals surface area (Å²) in [5.74, 6) is -1.94. The first kappa shape index (κ1) is 14.7. The van der Waals surface area contributed by atoms with Gasteiger partial charge in [0.25, 0.3) is 0 Å². The van der Waals surface area contributed by atoms with Crippen LogP contribution in [0.15, 0.2) is 17.0 Å². The van der Waals surface area contributed by atoms with Crippen molar-refractivity contribution in [2.45, 2.75) is 23.0 Å². The van der Waals surface area contributed by atoms with Crippen LogP contribution in [-0.4, -0.2) is 41.2 Å². The molecule has 1 saturated heterocycles. The van der Waals surface area contributed by atoms with E-state index in [1.165, 1.54) is 19.2 Å². The summed E-state index contributed by atoms with van der Waals surface area (Å²) in [6.45, 7) is 0.125. The van der Waals surface area contributed by atoms with Crippen LogP contribution >= 0.6 is 0 Å². The lowest BCUT2D eigenvalue weighted by Gasteiger charge is -2.26. The van der Waals surface area contributed by atoms with Crippen LogP contribution in [-0.2, 0) is 25.1 Å². The largest absolute Gasteiger partial charge is 0.496 e. The number of hydrogen-bond donors (Lipinski definition) is 0. The van der Waals surface area contributed by atoms with Crippen LogP contribution in [0.25, 0.3) is 0 Å². The van der Waals surface area contributed by atoms with Crippen LogP contribution in [0.4, 0.5) is 8.78 Å². The minimum absolute atomic E-state index is 0.0625. The van der Waals surface area contributed by atoms with Crippen molar-refractivity contribution in [2.75, 3.05) is 26.6 Å². The molecule has 0 amide bonds. The first-order valence-corrected chi connectivity index (χ1v) is 8.19. The molecular weight excluding hydrogens is 306 g/mol. The molecule has 1 aliphatic carbocycles. The quantitative estimate of drug-likeness (QED) is 0.829. The summed E-state index contributed by atoms with van der Waals surface area (Å²) < 4.78 is 68.4. The normalized spacial score (nSPS) is 27.0. The number of rotatable bonds is 2. The lowest BCUT2D eigenvalue weighted by Crippen LogP contribution is -2.36. The second kappa shape index (κ2) is 4.62. The monoisotopic (exact) mass is 320 g/mol. The van der Waals surface area contributed by atoms with Crippen molar-refractivity contribution in [3.8, 4) is 5.75 Å². The Morgan fingerprint density at radius 3 is 2.43 bits per heavy atom. The van der Waals surface area contributed by atoms with E-state index in [1.54, 1.807) is 0 Å². The number of methoxy groups -OCH3 is 1. The van der Waals surface area contributed by atoms with Gasteiger partial charge >= 0.3 is 0 Å². The molecule has 0 aromatic heterocycles. The number of fused-ring (bicyclic) bond motifs is 2. The Hall–Kier alpha value is -1.25.